The van der Waals surface area contributed by atoms with Crippen LogP contribution in [0.1, 0.15) is 44.2 Å². The molecule has 0 spiro atoms. The zero-order valence-electron chi connectivity index (χ0n) is 16.3. The first kappa shape index (κ1) is 22.2. The second-order valence-corrected chi connectivity index (χ2v) is 6.40. The summed E-state index contributed by atoms with van der Waals surface area (Å²) in [5.74, 6) is 1.95. The van der Waals surface area contributed by atoms with E-state index in [9.17, 15) is 0 Å². The summed E-state index contributed by atoms with van der Waals surface area (Å²) in [6, 6.07) is 0.645. The summed E-state index contributed by atoms with van der Waals surface area (Å²) in [4.78, 5) is 9.79. The number of aryl methyl sites for hydroxylation is 2. The van der Waals surface area contributed by atoms with Crippen LogP contribution in [0.3, 0.4) is 0 Å². The van der Waals surface area contributed by atoms with Gasteiger partial charge in [-0.25, -0.2) is 0 Å². The maximum atomic E-state index is 5.24. The van der Waals surface area contributed by atoms with Gasteiger partial charge in [-0.05, 0) is 46.7 Å². The molecule has 6 nitrogen and oxygen atoms in total. The Hall–Kier alpha value is -0.830. The van der Waals surface area contributed by atoms with Gasteiger partial charge in [0.1, 0.15) is 5.76 Å². The Kier molecular flexibility index (Phi) is 9.78. The van der Waals surface area contributed by atoms with Gasteiger partial charge in [0.2, 0.25) is 0 Å². The third-order valence-electron chi connectivity index (χ3n) is 4.93. The lowest BCUT2D eigenvalue weighted by molar-refractivity contribution is 0.223. The van der Waals surface area contributed by atoms with E-state index in [2.05, 4.69) is 41.0 Å². The number of aliphatic imine (C=N–C) groups is 1. The maximum Gasteiger partial charge on any atom is 0.193 e. The van der Waals surface area contributed by atoms with Crippen molar-refractivity contribution >= 4 is 29.9 Å². The van der Waals surface area contributed by atoms with E-state index in [1.165, 1.54) is 12.0 Å². The quantitative estimate of drug-likeness (QED) is 0.383. The predicted molar refractivity (Wildman–Crippen MR) is 114 cm³/mol. The van der Waals surface area contributed by atoms with Crippen LogP contribution in [0.25, 0.3) is 0 Å². The van der Waals surface area contributed by atoms with Crippen LogP contribution in [-0.2, 0) is 6.42 Å². The molecule has 0 aromatic carbocycles. The van der Waals surface area contributed by atoms with E-state index in [0.29, 0.717) is 6.04 Å². The maximum absolute atomic E-state index is 5.24. The smallest absolute Gasteiger partial charge is 0.193 e. The molecule has 1 atom stereocenters. The van der Waals surface area contributed by atoms with Crippen LogP contribution in [0.15, 0.2) is 9.52 Å². The summed E-state index contributed by atoms with van der Waals surface area (Å²) < 4.78 is 5.24. The lowest BCUT2D eigenvalue weighted by Crippen LogP contribution is -2.43. The van der Waals surface area contributed by atoms with Crippen molar-refractivity contribution in [3.05, 3.63) is 17.0 Å². The third kappa shape index (κ3) is 5.84. The molecular weight excluding hydrogens is 429 g/mol. The SMILES string of the molecule is CCNC(=NCCc1c(C)noc1C)N1CCC(N(CC)CC)C1.I. The highest BCUT2D eigenvalue weighted by molar-refractivity contribution is 14.0. The van der Waals surface area contributed by atoms with Gasteiger partial charge in [0, 0.05) is 37.8 Å². The molecule has 0 aliphatic carbocycles. The van der Waals surface area contributed by atoms with Crippen LogP contribution < -0.4 is 5.32 Å². The molecule has 1 N–H and O–H groups in total. The van der Waals surface area contributed by atoms with Gasteiger partial charge in [-0.1, -0.05) is 19.0 Å². The summed E-state index contributed by atoms with van der Waals surface area (Å²) in [6.07, 6.45) is 2.10. The average Bonchev–Trinajstić information content (AvgIpc) is 3.17. The Morgan fingerprint density at radius 3 is 2.60 bits per heavy atom. The molecule has 1 aromatic heterocycles. The highest BCUT2D eigenvalue weighted by atomic mass is 127. The summed E-state index contributed by atoms with van der Waals surface area (Å²) in [7, 11) is 0. The van der Waals surface area contributed by atoms with Crippen LogP contribution in [0.2, 0.25) is 0 Å². The molecule has 1 saturated heterocycles. The highest BCUT2D eigenvalue weighted by Gasteiger charge is 2.27. The first-order chi connectivity index (χ1) is 11.6. The Labute approximate surface area is 169 Å². The van der Waals surface area contributed by atoms with Crippen LogP contribution in [0.5, 0.6) is 0 Å². The van der Waals surface area contributed by atoms with Gasteiger partial charge in [0.05, 0.1) is 5.69 Å². The minimum Gasteiger partial charge on any atom is -0.361 e. The molecule has 1 aromatic rings. The number of nitrogens with zero attached hydrogens (tertiary/aromatic N) is 4. The number of rotatable bonds is 7. The van der Waals surface area contributed by atoms with Crippen molar-refractivity contribution in [2.45, 2.75) is 53.5 Å². The van der Waals surface area contributed by atoms with Gasteiger partial charge in [-0.15, -0.1) is 24.0 Å². The number of guanidine groups is 1. The van der Waals surface area contributed by atoms with Gasteiger partial charge in [-0.2, -0.15) is 0 Å². The fourth-order valence-electron chi connectivity index (χ4n) is 3.53. The molecule has 1 aliphatic heterocycles. The molecule has 1 fully saturated rings. The summed E-state index contributed by atoms with van der Waals surface area (Å²) in [5, 5.41) is 7.47. The number of nitrogens with one attached hydrogen (secondary N) is 1. The van der Waals surface area contributed by atoms with Crippen LogP contribution in [-0.4, -0.2) is 66.2 Å². The van der Waals surface area contributed by atoms with Gasteiger partial charge < -0.3 is 14.7 Å². The first-order valence-electron chi connectivity index (χ1n) is 9.29. The molecule has 0 bridgehead atoms. The second-order valence-electron chi connectivity index (χ2n) is 6.40. The van der Waals surface area contributed by atoms with Crippen molar-refractivity contribution in [3.63, 3.8) is 0 Å². The zero-order chi connectivity index (χ0) is 17.5. The summed E-state index contributed by atoms with van der Waals surface area (Å²) in [6.45, 7) is 16.6. The summed E-state index contributed by atoms with van der Waals surface area (Å²) in [5.41, 5.74) is 2.17. The molecule has 7 heteroatoms. The van der Waals surface area contributed by atoms with Gasteiger partial charge in [0.25, 0.3) is 0 Å². The zero-order valence-corrected chi connectivity index (χ0v) is 18.7. The van der Waals surface area contributed by atoms with E-state index < -0.39 is 0 Å². The third-order valence-corrected chi connectivity index (χ3v) is 4.93. The fraction of sp³-hybridized carbons (Fsp3) is 0.778. The second kappa shape index (κ2) is 11.0. The van der Waals surface area contributed by atoms with Crippen molar-refractivity contribution in [1.82, 2.24) is 20.3 Å². The highest BCUT2D eigenvalue weighted by Crippen LogP contribution is 2.16. The Bertz CT molecular complexity index is 522. The molecule has 25 heavy (non-hydrogen) atoms. The predicted octanol–water partition coefficient (Wildman–Crippen LogP) is 2.83. The van der Waals surface area contributed by atoms with E-state index >= 15 is 0 Å². The minimum absolute atomic E-state index is 0. The number of aromatic nitrogens is 1. The molecule has 0 saturated carbocycles. The molecular formula is C18H34IN5O. The van der Waals surface area contributed by atoms with Crippen LogP contribution in [0.4, 0.5) is 0 Å². The van der Waals surface area contributed by atoms with Crippen molar-refractivity contribution in [3.8, 4) is 0 Å². The number of hydrogen-bond donors (Lipinski definition) is 1. The average molecular weight is 463 g/mol. The number of hydrogen-bond acceptors (Lipinski definition) is 4. The lowest BCUT2D eigenvalue weighted by atomic mass is 10.1. The van der Waals surface area contributed by atoms with Crippen molar-refractivity contribution in [2.24, 2.45) is 4.99 Å². The number of likely N-dealkylation sites (N-methyl/N-ethyl adjacent to an activating group) is 1. The van der Waals surface area contributed by atoms with Crippen molar-refractivity contribution in [2.75, 3.05) is 39.3 Å². The Balaban J connectivity index is 0.00000312. The van der Waals surface area contributed by atoms with E-state index in [-0.39, 0.29) is 24.0 Å². The molecule has 0 radical (unpaired) electrons. The summed E-state index contributed by atoms with van der Waals surface area (Å²) >= 11 is 0. The topological polar surface area (TPSA) is 56.9 Å². The molecule has 1 aliphatic rings. The lowest BCUT2D eigenvalue weighted by Gasteiger charge is -2.27. The largest absolute Gasteiger partial charge is 0.361 e. The van der Waals surface area contributed by atoms with Gasteiger partial charge in [-0.3, -0.25) is 9.89 Å². The van der Waals surface area contributed by atoms with E-state index in [0.717, 1.165) is 63.1 Å². The molecule has 1 unspecified atom stereocenters. The van der Waals surface area contributed by atoms with E-state index in [1.807, 2.05) is 13.8 Å². The molecule has 2 heterocycles. The van der Waals surface area contributed by atoms with Crippen LogP contribution in [0, 0.1) is 13.8 Å². The Morgan fingerprint density at radius 2 is 2.04 bits per heavy atom. The minimum atomic E-state index is 0. The van der Waals surface area contributed by atoms with Crippen molar-refractivity contribution < 1.29 is 4.52 Å². The van der Waals surface area contributed by atoms with Gasteiger partial charge >= 0.3 is 0 Å². The van der Waals surface area contributed by atoms with Gasteiger partial charge in [0.15, 0.2) is 5.96 Å². The molecule has 144 valence electrons. The molecule has 0 amide bonds. The van der Waals surface area contributed by atoms with Crippen LogP contribution >= 0.6 is 24.0 Å². The fourth-order valence-corrected chi connectivity index (χ4v) is 3.53. The monoisotopic (exact) mass is 463 g/mol. The normalized spacial score (nSPS) is 17.9. The number of likely N-dealkylation sites (tertiary alicyclic amines) is 1. The number of halogens is 1. The van der Waals surface area contributed by atoms with Crippen molar-refractivity contribution in [1.29, 1.82) is 0 Å². The first-order valence-corrected chi connectivity index (χ1v) is 9.29. The molecule has 2 rings (SSSR count). The Morgan fingerprint density at radius 1 is 1.32 bits per heavy atom. The van der Waals surface area contributed by atoms with E-state index in [1.54, 1.807) is 0 Å². The van der Waals surface area contributed by atoms with E-state index in [4.69, 9.17) is 9.52 Å². The standard InChI is InChI=1S/C18H33N5O.HI/c1-6-19-18(20-11-9-17-14(4)21-24-15(17)5)23-12-10-16(13-23)22(7-2)8-3;/h16H,6-13H2,1-5H3,(H,19,20);1H.